The van der Waals surface area contributed by atoms with E-state index in [2.05, 4.69) is 20.3 Å². The number of rotatable bonds is 5. The van der Waals surface area contributed by atoms with Crippen molar-refractivity contribution in [2.75, 3.05) is 5.32 Å². The highest BCUT2D eigenvalue weighted by Crippen LogP contribution is 2.30. The minimum Gasteiger partial charge on any atom is -0.364 e. The first kappa shape index (κ1) is 16.6. The molecule has 0 aliphatic heterocycles. The van der Waals surface area contributed by atoms with E-state index in [9.17, 15) is 4.39 Å². The van der Waals surface area contributed by atoms with Gasteiger partial charge in [0.1, 0.15) is 11.5 Å². The number of hydrogen-bond acceptors (Lipinski definition) is 5. The van der Waals surface area contributed by atoms with Crippen LogP contribution in [0.4, 0.5) is 10.2 Å². The first-order valence-corrected chi connectivity index (χ1v) is 7.94. The minimum absolute atomic E-state index is 0.0546. The molecule has 0 aliphatic rings. The Morgan fingerprint density at radius 3 is 2.83 bits per heavy atom. The summed E-state index contributed by atoms with van der Waals surface area (Å²) >= 11 is 6.01. The molecule has 0 fully saturated rings. The second kappa shape index (κ2) is 6.70. The van der Waals surface area contributed by atoms with Crippen LogP contribution in [-0.4, -0.2) is 25.6 Å². The van der Waals surface area contributed by atoms with E-state index < -0.39 is 0 Å². The zero-order valence-corrected chi connectivity index (χ0v) is 14.2. The molecule has 1 atom stereocenters. The third-order valence-corrected chi connectivity index (χ3v) is 3.91. The van der Waals surface area contributed by atoms with Crippen LogP contribution in [0.2, 0.25) is 5.28 Å². The van der Waals surface area contributed by atoms with Crippen molar-refractivity contribution in [3.63, 3.8) is 0 Å². The van der Waals surface area contributed by atoms with E-state index in [4.69, 9.17) is 17.3 Å². The molecular weight excluding hydrogens is 331 g/mol. The van der Waals surface area contributed by atoms with Crippen molar-refractivity contribution in [2.24, 2.45) is 12.8 Å². The van der Waals surface area contributed by atoms with Gasteiger partial charge in [0.25, 0.3) is 0 Å². The second-order valence-electron chi connectivity index (χ2n) is 5.72. The Morgan fingerprint density at radius 2 is 2.17 bits per heavy atom. The molecule has 24 heavy (non-hydrogen) atoms. The molecule has 3 rings (SSSR count). The fourth-order valence-electron chi connectivity index (χ4n) is 2.62. The molecule has 3 aromatic rings. The van der Waals surface area contributed by atoms with Gasteiger partial charge >= 0.3 is 0 Å². The first-order valence-electron chi connectivity index (χ1n) is 7.57. The molecule has 3 aromatic heterocycles. The molecular formula is C16H18ClFN6. The van der Waals surface area contributed by atoms with Gasteiger partial charge in [0.05, 0.1) is 23.3 Å². The molecule has 0 aromatic carbocycles. The molecule has 8 heteroatoms. The Bertz CT molecular complexity index is 862. The number of nitrogens with zero attached hydrogens (tertiary/aromatic N) is 4. The van der Waals surface area contributed by atoms with Gasteiger partial charge < -0.3 is 15.6 Å². The number of aromatic nitrogens is 4. The van der Waals surface area contributed by atoms with E-state index in [1.807, 2.05) is 25.1 Å². The van der Waals surface area contributed by atoms with Crippen LogP contribution in [0.1, 0.15) is 18.3 Å². The van der Waals surface area contributed by atoms with Gasteiger partial charge in [-0.25, -0.2) is 4.39 Å². The highest BCUT2D eigenvalue weighted by Gasteiger charge is 2.22. The van der Waals surface area contributed by atoms with Crippen LogP contribution in [0.3, 0.4) is 0 Å². The van der Waals surface area contributed by atoms with Crippen molar-refractivity contribution in [3.8, 4) is 0 Å². The Hall–Kier alpha value is -2.25. The Kier molecular flexibility index (Phi) is 4.64. The average molecular weight is 349 g/mol. The van der Waals surface area contributed by atoms with Crippen LogP contribution in [0.25, 0.3) is 11.0 Å². The fraction of sp³-hybridized carbons (Fsp3) is 0.312. The van der Waals surface area contributed by atoms with E-state index in [1.165, 1.54) is 0 Å². The monoisotopic (exact) mass is 348 g/mol. The quantitative estimate of drug-likeness (QED) is 0.693. The van der Waals surface area contributed by atoms with Crippen molar-refractivity contribution in [2.45, 2.75) is 25.9 Å². The molecule has 0 aliphatic carbocycles. The van der Waals surface area contributed by atoms with Gasteiger partial charge in [0.2, 0.25) is 5.28 Å². The number of nitrogens with two attached hydrogens (primary N) is 1. The molecule has 6 nitrogen and oxygen atoms in total. The molecule has 0 saturated heterocycles. The Labute approximate surface area is 143 Å². The number of pyridine rings is 1. The minimum atomic E-state index is -0.370. The van der Waals surface area contributed by atoms with Crippen LogP contribution >= 0.6 is 11.6 Å². The lowest BCUT2D eigenvalue weighted by Gasteiger charge is -2.07. The lowest BCUT2D eigenvalue weighted by Crippen LogP contribution is -2.20. The van der Waals surface area contributed by atoms with Crippen LogP contribution in [0.5, 0.6) is 0 Å². The van der Waals surface area contributed by atoms with Gasteiger partial charge in [0.15, 0.2) is 5.82 Å². The van der Waals surface area contributed by atoms with Gasteiger partial charge in [-0.2, -0.15) is 9.97 Å². The maximum Gasteiger partial charge on any atom is 0.226 e. The lowest BCUT2D eigenvalue weighted by molar-refractivity contribution is 0.586. The summed E-state index contributed by atoms with van der Waals surface area (Å²) in [5.41, 5.74) is 7.55. The normalized spacial score (nSPS) is 12.5. The molecule has 0 bridgehead atoms. The van der Waals surface area contributed by atoms with E-state index in [1.54, 1.807) is 17.8 Å². The number of aryl methyl sites for hydroxylation is 1. The van der Waals surface area contributed by atoms with E-state index in [0.29, 0.717) is 35.5 Å². The maximum atomic E-state index is 14.9. The smallest absolute Gasteiger partial charge is 0.226 e. The lowest BCUT2D eigenvalue weighted by atomic mass is 10.2. The molecule has 3 N–H and O–H groups in total. The summed E-state index contributed by atoms with van der Waals surface area (Å²) in [6.07, 6.45) is 2.10. The molecule has 126 valence electrons. The summed E-state index contributed by atoms with van der Waals surface area (Å²) in [5.74, 6) is -0.0235. The first-order chi connectivity index (χ1) is 11.5. The van der Waals surface area contributed by atoms with Crippen LogP contribution in [0, 0.1) is 5.82 Å². The number of nitrogens with one attached hydrogen (secondary N) is 1. The van der Waals surface area contributed by atoms with Crippen LogP contribution in [-0.2, 0) is 20.0 Å². The third-order valence-electron chi connectivity index (χ3n) is 3.74. The Balaban J connectivity index is 2.04. The molecule has 0 saturated carbocycles. The highest BCUT2D eigenvalue weighted by atomic mass is 35.5. The molecule has 3 heterocycles. The van der Waals surface area contributed by atoms with Crippen molar-refractivity contribution < 1.29 is 4.39 Å². The summed E-state index contributed by atoms with van der Waals surface area (Å²) < 4.78 is 16.6. The van der Waals surface area contributed by atoms with Gasteiger partial charge in [-0.05, 0) is 30.7 Å². The topological polar surface area (TPSA) is 81.7 Å². The Morgan fingerprint density at radius 1 is 1.38 bits per heavy atom. The largest absolute Gasteiger partial charge is 0.364 e. The van der Waals surface area contributed by atoms with E-state index in [0.717, 1.165) is 5.69 Å². The van der Waals surface area contributed by atoms with E-state index in [-0.39, 0.29) is 17.1 Å². The molecule has 0 unspecified atom stereocenters. The van der Waals surface area contributed by atoms with Gasteiger partial charge in [-0.15, -0.1) is 0 Å². The standard InChI is InChI=1S/C16H18ClFN6/c1-9(19)7-11-13(18)12-14(21-8-10-5-3-4-6-20-10)22-16(17)23-15(12)24(11)2/h3-6,9H,7-8,19H2,1-2H3,(H,21,22,23)/t9-/m0/s1. The van der Waals surface area contributed by atoms with Crippen molar-refractivity contribution in [1.29, 1.82) is 0 Å². The summed E-state index contributed by atoms with van der Waals surface area (Å²) in [6, 6.07) is 5.42. The summed E-state index contributed by atoms with van der Waals surface area (Å²) in [5, 5.41) is 3.46. The van der Waals surface area contributed by atoms with E-state index >= 15 is 0 Å². The number of anilines is 1. The maximum absolute atomic E-state index is 14.9. The zero-order valence-electron chi connectivity index (χ0n) is 13.4. The van der Waals surface area contributed by atoms with Crippen molar-refractivity contribution in [1.82, 2.24) is 19.5 Å². The highest BCUT2D eigenvalue weighted by molar-refractivity contribution is 6.28. The number of hydrogen-bond donors (Lipinski definition) is 2. The predicted octanol–water partition coefficient (Wildman–Crippen LogP) is 2.66. The van der Waals surface area contributed by atoms with Crippen LogP contribution < -0.4 is 11.1 Å². The second-order valence-corrected chi connectivity index (χ2v) is 6.05. The zero-order chi connectivity index (χ0) is 17.3. The van der Waals surface area contributed by atoms with Crippen LogP contribution in [0.15, 0.2) is 24.4 Å². The van der Waals surface area contributed by atoms with Gasteiger partial charge in [-0.3, -0.25) is 4.98 Å². The average Bonchev–Trinajstić information content (AvgIpc) is 2.78. The molecule has 0 spiro atoms. The summed E-state index contributed by atoms with van der Waals surface area (Å²) in [6.45, 7) is 2.23. The predicted molar refractivity (Wildman–Crippen MR) is 92.4 cm³/mol. The third kappa shape index (κ3) is 3.18. The number of halogens is 2. The van der Waals surface area contributed by atoms with Crippen molar-refractivity contribution >= 4 is 28.5 Å². The molecule has 0 radical (unpaired) electrons. The molecule has 0 amide bonds. The van der Waals surface area contributed by atoms with Gasteiger partial charge in [0, 0.05) is 25.7 Å². The number of fused-ring (bicyclic) bond motifs is 1. The fourth-order valence-corrected chi connectivity index (χ4v) is 2.79. The van der Waals surface area contributed by atoms with Crippen molar-refractivity contribution in [3.05, 3.63) is 46.9 Å². The SMILES string of the molecule is C[C@H](N)Cc1c(F)c2c(NCc3ccccn3)nc(Cl)nc2n1C. The summed E-state index contributed by atoms with van der Waals surface area (Å²) in [7, 11) is 1.75. The summed E-state index contributed by atoms with van der Waals surface area (Å²) in [4.78, 5) is 12.5. The van der Waals surface area contributed by atoms with Gasteiger partial charge in [-0.1, -0.05) is 6.07 Å².